The molecule has 0 aromatic heterocycles. The zero-order valence-electron chi connectivity index (χ0n) is 17.7. The number of carbonyl (C=O) groups is 4. The number of likely N-dealkylation sites (tertiary alicyclic amines) is 1. The summed E-state index contributed by atoms with van der Waals surface area (Å²) in [5.74, 6) is -0.410. The molecule has 30 heavy (non-hydrogen) atoms. The first-order chi connectivity index (χ1) is 14.1. The van der Waals surface area contributed by atoms with Gasteiger partial charge in [-0.3, -0.25) is 24.1 Å². The van der Waals surface area contributed by atoms with Crippen LogP contribution in [-0.2, 0) is 4.79 Å². The van der Waals surface area contributed by atoms with Crippen molar-refractivity contribution in [1.82, 2.24) is 15.1 Å². The predicted molar refractivity (Wildman–Crippen MR) is 114 cm³/mol. The van der Waals surface area contributed by atoms with Crippen LogP contribution in [0.25, 0.3) is 0 Å². The predicted octanol–water partition coefficient (Wildman–Crippen LogP) is 2.82. The van der Waals surface area contributed by atoms with Crippen LogP contribution < -0.4 is 5.32 Å². The Balaban J connectivity index is 1.62. The van der Waals surface area contributed by atoms with Crippen molar-refractivity contribution in [2.24, 2.45) is 0 Å². The van der Waals surface area contributed by atoms with Crippen LogP contribution >= 0.6 is 11.6 Å². The van der Waals surface area contributed by atoms with Gasteiger partial charge in [-0.1, -0.05) is 0 Å². The number of hydrogen-bond donors (Lipinski definition) is 1. The highest BCUT2D eigenvalue weighted by Gasteiger charge is 2.42. The summed E-state index contributed by atoms with van der Waals surface area (Å²) in [6.07, 6.45) is 2.48. The fourth-order valence-electron chi connectivity index (χ4n) is 3.91. The molecule has 2 heterocycles. The van der Waals surface area contributed by atoms with Gasteiger partial charge in [-0.25, -0.2) is 0 Å². The Hall–Kier alpha value is -2.41. The molecule has 2 aliphatic heterocycles. The van der Waals surface area contributed by atoms with Gasteiger partial charge in [0.15, 0.2) is 0 Å². The number of nitrogens with zero attached hydrogens (tertiary/aromatic N) is 2. The lowest BCUT2D eigenvalue weighted by Crippen LogP contribution is -2.46. The second kappa shape index (κ2) is 8.76. The van der Waals surface area contributed by atoms with E-state index in [1.54, 1.807) is 32.9 Å². The summed E-state index contributed by atoms with van der Waals surface area (Å²) in [6, 6.07) is 4.60. The number of rotatable bonds is 5. The lowest BCUT2D eigenvalue weighted by atomic mass is 10.0. The molecule has 1 aromatic rings. The van der Waals surface area contributed by atoms with E-state index in [0.29, 0.717) is 55.8 Å². The highest BCUT2D eigenvalue weighted by atomic mass is 35.5. The third-order valence-electron chi connectivity index (χ3n) is 5.53. The Morgan fingerprint density at radius 1 is 1.10 bits per heavy atom. The van der Waals surface area contributed by atoms with Crippen molar-refractivity contribution in [3.8, 4) is 0 Å². The van der Waals surface area contributed by atoms with Gasteiger partial charge in [0.25, 0.3) is 17.7 Å². The largest absolute Gasteiger partial charge is 0.349 e. The van der Waals surface area contributed by atoms with Gasteiger partial charge in [0.1, 0.15) is 0 Å². The van der Waals surface area contributed by atoms with Gasteiger partial charge < -0.3 is 10.2 Å². The van der Waals surface area contributed by atoms with Gasteiger partial charge in [0, 0.05) is 42.5 Å². The topological polar surface area (TPSA) is 86.8 Å². The molecule has 1 aromatic carbocycles. The van der Waals surface area contributed by atoms with Crippen molar-refractivity contribution in [2.45, 2.75) is 58.0 Å². The molecule has 3 rings (SSSR count). The number of benzene rings is 1. The molecule has 1 saturated heterocycles. The number of nitrogens with one attached hydrogen (secondary N) is 1. The van der Waals surface area contributed by atoms with Crippen LogP contribution in [0.15, 0.2) is 18.2 Å². The number of alkyl halides is 1. The molecule has 0 aliphatic carbocycles. The summed E-state index contributed by atoms with van der Waals surface area (Å²) < 4.78 is 0. The van der Waals surface area contributed by atoms with Crippen molar-refractivity contribution in [2.75, 3.05) is 19.0 Å². The number of halogens is 1. The number of fused-ring (bicyclic) bond motifs is 1. The van der Waals surface area contributed by atoms with E-state index in [4.69, 9.17) is 11.6 Å². The van der Waals surface area contributed by atoms with E-state index in [-0.39, 0.29) is 35.2 Å². The van der Waals surface area contributed by atoms with E-state index in [0.717, 1.165) is 0 Å². The molecule has 0 unspecified atom stereocenters. The van der Waals surface area contributed by atoms with Crippen LogP contribution in [0.2, 0.25) is 0 Å². The zero-order valence-corrected chi connectivity index (χ0v) is 18.4. The van der Waals surface area contributed by atoms with Crippen LogP contribution in [0.1, 0.15) is 77.5 Å². The first-order valence-electron chi connectivity index (χ1n) is 10.3. The van der Waals surface area contributed by atoms with Crippen LogP contribution in [0.5, 0.6) is 0 Å². The maximum Gasteiger partial charge on any atom is 0.262 e. The highest BCUT2D eigenvalue weighted by Crippen LogP contribution is 2.30. The van der Waals surface area contributed by atoms with Crippen LogP contribution in [0.4, 0.5) is 0 Å². The van der Waals surface area contributed by atoms with Crippen LogP contribution in [0.3, 0.4) is 0 Å². The summed E-state index contributed by atoms with van der Waals surface area (Å²) in [7, 11) is 0. The molecule has 4 amide bonds. The molecule has 0 saturated carbocycles. The molecular weight excluding hydrogens is 406 g/mol. The third kappa shape index (κ3) is 4.51. The summed E-state index contributed by atoms with van der Waals surface area (Å²) in [5.41, 5.74) is 0.314. The molecule has 0 radical (unpaired) electrons. The first-order valence-corrected chi connectivity index (χ1v) is 10.8. The summed E-state index contributed by atoms with van der Waals surface area (Å²) in [5, 5.41) is 2.99. The average molecular weight is 434 g/mol. The van der Waals surface area contributed by atoms with E-state index in [9.17, 15) is 19.2 Å². The van der Waals surface area contributed by atoms with E-state index >= 15 is 0 Å². The standard InChI is InChI=1S/C22H28ClN3O4/c1-22(2,3)26-20(29)16-7-6-14(13-17(16)21(26)30)19(28)24-15-8-11-25(12-9-15)18(27)5-4-10-23/h6-7,13,15H,4-5,8-12H2,1-3H3,(H,24,28). The summed E-state index contributed by atoms with van der Waals surface area (Å²) >= 11 is 5.64. The fourth-order valence-corrected chi connectivity index (χ4v) is 4.04. The molecule has 7 nitrogen and oxygen atoms in total. The number of piperidine rings is 1. The Morgan fingerprint density at radius 2 is 1.73 bits per heavy atom. The maximum atomic E-state index is 12.7. The SMILES string of the molecule is CC(C)(C)N1C(=O)c2ccc(C(=O)NC3CCN(C(=O)CCCCl)CC3)cc2C1=O. The normalized spacial score (nSPS) is 17.3. The Morgan fingerprint density at radius 3 is 2.33 bits per heavy atom. The molecule has 1 fully saturated rings. The van der Waals surface area contributed by atoms with Crippen molar-refractivity contribution in [3.05, 3.63) is 34.9 Å². The van der Waals surface area contributed by atoms with E-state index in [1.165, 1.54) is 11.0 Å². The fraction of sp³-hybridized carbons (Fsp3) is 0.545. The van der Waals surface area contributed by atoms with Crippen LogP contribution in [-0.4, -0.2) is 64.0 Å². The van der Waals surface area contributed by atoms with E-state index < -0.39 is 5.54 Å². The molecule has 0 atom stereocenters. The Bertz CT molecular complexity index is 870. The maximum absolute atomic E-state index is 12.7. The second-order valence-electron chi connectivity index (χ2n) is 8.80. The van der Waals surface area contributed by atoms with E-state index in [1.807, 2.05) is 4.90 Å². The van der Waals surface area contributed by atoms with Crippen molar-refractivity contribution < 1.29 is 19.2 Å². The lowest BCUT2D eigenvalue weighted by Gasteiger charge is -2.32. The molecule has 162 valence electrons. The highest BCUT2D eigenvalue weighted by molar-refractivity contribution is 6.22. The minimum absolute atomic E-state index is 0.0359. The number of amides is 4. The smallest absolute Gasteiger partial charge is 0.262 e. The summed E-state index contributed by atoms with van der Waals surface area (Å²) in [6.45, 7) is 6.60. The Labute approximate surface area is 181 Å². The van der Waals surface area contributed by atoms with Gasteiger partial charge in [-0.2, -0.15) is 0 Å². The van der Waals surface area contributed by atoms with Gasteiger partial charge in [0.2, 0.25) is 5.91 Å². The average Bonchev–Trinajstić information content (AvgIpc) is 2.96. The lowest BCUT2D eigenvalue weighted by molar-refractivity contribution is -0.132. The first kappa shape index (κ1) is 22.3. The van der Waals surface area contributed by atoms with Gasteiger partial charge in [-0.05, 0) is 58.2 Å². The quantitative estimate of drug-likeness (QED) is 0.571. The van der Waals surface area contributed by atoms with E-state index in [2.05, 4.69) is 5.32 Å². The van der Waals surface area contributed by atoms with Crippen molar-refractivity contribution >= 4 is 35.2 Å². The minimum atomic E-state index is -0.634. The van der Waals surface area contributed by atoms with Gasteiger partial charge in [-0.15, -0.1) is 11.6 Å². The number of hydrogen-bond acceptors (Lipinski definition) is 4. The monoisotopic (exact) mass is 433 g/mol. The minimum Gasteiger partial charge on any atom is -0.349 e. The Kier molecular flexibility index (Phi) is 6.50. The molecule has 2 aliphatic rings. The van der Waals surface area contributed by atoms with Crippen LogP contribution in [0, 0.1) is 0 Å². The van der Waals surface area contributed by atoms with Gasteiger partial charge >= 0.3 is 0 Å². The number of carbonyl (C=O) groups excluding carboxylic acids is 4. The van der Waals surface area contributed by atoms with Crippen molar-refractivity contribution in [1.29, 1.82) is 0 Å². The molecular formula is C22H28ClN3O4. The molecule has 0 bridgehead atoms. The summed E-state index contributed by atoms with van der Waals surface area (Å²) in [4.78, 5) is 53.1. The molecule has 8 heteroatoms. The molecule has 1 N–H and O–H groups in total. The van der Waals surface area contributed by atoms with Crippen molar-refractivity contribution in [3.63, 3.8) is 0 Å². The van der Waals surface area contributed by atoms with Gasteiger partial charge in [0.05, 0.1) is 11.1 Å². The number of imide groups is 1. The second-order valence-corrected chi connectivity index (χ2v) is 9.18. The zero-order chi connectivity index (χ0) is 22.1. The molecule has 0 spiro atoms. The third-order valence-corrected chi connectivity index (χ3v) is 5.79.